The molecule has 0 bridgehead atoms. The lowest BCUT2D eigenvalue weighted by Crippen LogP contribution is -2.61. The smallest absolute Gasteiger partial charge is 0.190 e. The first kappa shape index (κ1) is 55.8. The number of carbonyl (C=O) groups is 3. The van der Waals surface area contributed by atoms with Gasteiger partial charge in [-0.05, 0) is 176 Å². The molecular weight excluding hydrogens is 977 g/mol. The molecule has 2 heterocycles. The van der Waals surface area contributed by atoms with Gasteiger partial charge in [0, 0.05) is 45.3 Å². The molecule has 2 fully saturated rings. The molecule has 4 aromatic rings. The SMILES string of the molecule is CNCC[C@]1(C(=O)[C@@]2(CCNC)C(F)=C(OC)C(c3cccc(F)c3C)=C(C(=O)c3cccc(OC)c3)[C@@H]2C2CCCNC2)C(F)=C(OC)C(c2cccc(F)c2C)=C(C(=O)c2cccc(OC)c2)[C@@H]1C1CCCNC1. The number of allylic oxidation sites excluding steroid dienone is 6. The van der Waals surface area contributed by atoms with Crippen LogP contribution in [0.2, 0.25) is 0 Å². The maximum Gasteiger partial charge on any atom is 0.190 e. The average molecular weight is 1050 g/mol. The molecule has 2 aliphatic heterocycles. The first-order valence-electron chi connectivity index (χ1n) is 26.2. The number of ether oxygens (including phenoxy) is 4. The van der Waals surface area contributed by atoms with Crippen LogP contribution in [-0.2, 0) is 14.3 Å². The Morgan fingerprint density at radius 1 is 0.579 bits per heavy atom. The summed E-state index contributed by atoms with van der Waals surface area (Å²) >= 11 is 0. The van der Waals surface area contributed by atoms with Crippen molar-refractivity contribution in [3.05, 3.63) is 164 Å². The maximum absolute atomic E-state index is 19.9. The molecule has 11 nitrogen and oxygen atoms in total. The molecule has 2 saturated heterocycles. The topological polar surface area (TPSA) is 136 Å². The third kappa shape index (κ3) is 9.73. The second-order valence-corrected chi connectivity index (χ2v) is 20.4. The van der Waals surface area contributed by atoms with Crippen LogP contribution in [0.1, 0.15) is 81.5 Å². The van der Waals surface area contributed by atoms with Gasteiger partial charge in [0.15, 0.2) is 40.5 Å². The highest BCUT2D eigenvalue weighted by Crippen LogP contribution is 2.66. The molecule has 15 heteroatoms. The third-order valence-corrected chi connectivity index (χ3v) is 16.5. The fourth-order valence-electron chi connectivity index (χ4n) is 12.9. The Morgan fingerprint density at radius 3 is 1.32 bits per heavy atom. The Morgan fingerprint density at radius 2 is 0.974 bits per heavy atom. The lowest BCUT2D eigenvalue weighted by Gasteiger charge is -2.55. The van der Waals surface area contributed by atoms with Gasteiger partial charge in [-0.2, -0.15) is 0 Å². The van der Waals surface area contributed by atoms with Gasteiger partial charge in [0.05, 0.1) is 39.3 Å². The van der Waals surface area contributed by atoms with E-state index in [1.54, 1.807) is 74.8 Å². The monoisotopic (exact) mass is 1050 g/mol. The van der Waals surface area contributed by atoms with Crippen LogP contribution in [0.3, 0.4) is 0 Å². The minimum atomic E-state index is -2.45. The number of methoxy groups -OCH3 is 4. The highest BCUT2D eigenvalue weighted by atomic mass is 19.1. The van der Waals surface area contributed by atoms with Crippen molar-refractivity contribution in [3.63, 3.8) is 0 Å². The van der Waals surface area contributed by atoms with E-state index < -0.39 is 86.7 Å². The lowest BCUT2D eigenvalue weighted by molar-refractivity contribution is -0.146. The van der Waals surface area contributed by atoms with Crippen LogP contribution >= 0.6 is 0 Å². The molecule has 2 aliphatic carbocycles. The van der Waals surface area contributed by atoms with Crippen molar-refractivity contribution in [1.29, 1.82) is 0 Å². The summed E-state index contributed by atoms with van der Waals surface area (Å²) in [4.78, 5) is 50.4. The van der Waals surface area contributed by atoms with Crippen molar-refractivity contribution in [3.8, 4) is 11.5 Å². The first-order chi connectivity index (χ1) is 36.7. The molecule has 0 spiro atoms. The molecular formula is C61H70F4N4O7. The van der Waals surface area contributed by atoms with Gasteiger partial charge in [0.1, 0.15) is 23.1 Å². The zero-order valence-electron chi connectivity index (χ0n) is 44.7. The molecule has 0 amide bonds. The molecule has 404 valence electrons. The van der Waals surface area contributed by atoms with Crippen LogP contribution in [0.15, 0.2) is 119 Å². The van der Waals surface area contributed by atoms with E-state index in [4.69, 9.17) is 18.9 Å². The molecule has 0 aromatic heterocycles. The van der Waals surface area contributed by atoms with Crippen LogP contribution in [0.5, 0.6) is 11.5 Å². The van der Waals surface area contributed by atoms with Gasteiger partial charge in [-0.15, -0.1) is 0 Å². The summed E-state index contributed by atoms with van der Waals surface area (Å²) in [6.07, 6.45) is 1.34. The fraction of sp³-hybridized carbons (Fsp3) is 0.426. The van der Waals surface area contributed by atoms with E-state index >= 15 is 31.9 Å². The van der Waals surface area contributed by atoms with Gasteiger partial charge in [-0.1, -0.05) is 48.5 Å². The van der Waals surface area contributed by atoms with Crippen molar-refractivity contribution >= 4 is 28.5 Å². The third-order valence-electron chi connectivity index (χ3n) is 16.5. The molecule has 4 aromatic carbocycles. The number of piperidine rings is 2. The number of ketones is 3. The number of nitrogens with one attached hydrogen (secondary N) is 4. The first-order valence-corrected chi connectivity index (χ1v) is 26.2. The van der Waals surface area contributed by atoms with E-state index in [1.165, 1.54) is 66.6 Å². The normalized spacial score (nSPS) is 24.2. The zero-order chi connectivity index (χ0) is 54.5. The second-order valence-electron chi connectivity index (χ2n) is 20.4. The predicted octanol–water partition coefficient (Wildman–Crippen LogP) is 10.2. The largest absolute Gasteiger partial charge is 0.497 e. The Bertz CT molecular complexity index is 2800. The Labute approximate surface area is 443 Å². The van der Waals surface area contributed by atoms with Crippen LogP contribution in [0, 0.1) is 60.0 Å². The van der Waals surface area contributed by atoms with Gasteiger partial charge in [0.25, 0.3) is 0 Å². The quantitative estimate of drug-likeness (QED) is 0.0498. The molecule has 4 aliphatic rings. The maximum atomic E-state index is 19.9. The lowest BCUT2D eigenvalue weighted by atomic mass is 9.47. The minimum Gasteiger partial charge on any atom is -0.497 e. The van der Waals surface area contributed by atoms with Crippen molar-refractivity contribution in [1.82, 2.24) is 21.3 Å². The van der Waals surface area contributed by atoms with Gasteiger partial charge < -0.3 is 40.2 Å². The van der Waals surface area contributed by atoms with Crippen LogP contribution < -0.4 is 30.7 Å². The molecule has 6 atom stereocenters. The van der Waals surface area contributed by atoms with Gasteiger partial charge in [0.2, 0.25) is 0 Å². The Kier molecular flexibility index (Phi) is 17.5. The van der Waals surface area contributed by atoms with Crippen LogP contribution in [0.4, 0.5) is 17.6 Å². The van der Waals surface area contributed by atoms with Crippen LogP contribution in [0.25, 0.3) is 11.1 Å². The van der Waals surface area contributed by atoms with Crippen molar-refractivity contribution in [2.75, 3.05) is 81.8 Å². The fourth-order valence-corrected chi connectivity index (χ4v) is 12.9. The summed E-state index contributed by atoms with van der Waals surface area (Å²) in [5, 5.41) is 13.2. The van der Waals surface area contributed by atoms with E-state index in [-0.39, 0.29) is 94.7 Å². The highest BCUT2D eigenvalue weighted by Gasteiger charge is 2.68. The molecule has 0 saturated carbocycles. The molecule has 0 radical (unpaired) electrons. The van der Waals surface area contributed by atoms with E-state index in [1.807, 2.05) is 0 Å². The predicted molar refractivity (Wildman–Crippen MR) is 286 cm³/mol. The second kappa shape index (κ2) is 23.9. The van der Waals surface area contributed by atoms with Crippen molar-refractivity contribution < 1.29 is 50.9 Å². The summed E-state index contributed by atoms with van der Waals surface area (Å²) in [5.41, 5.74) is -4.12. The molecule has 4 N–H and O–H groups in total. The molecule has 76 heavy (non-hydrogen) atoms. The van der Waals surface area contributed by atoms with Gasteiger partial charge in [-0.25, -0.2) is 17.6 Å². The van der Waals surface area contributed by atoms with Gasteiger partial charge in [-0.3, -0.25) is 14.4 Å². The van der Waals surface area contributed by atoms with E-state index in [0.29, 0.717) is 50.3 Å². The summed E-state index contributed by atoms with van der Waals surface area (Å²) in [6.45, 7) is 4.70. The van der Waals surface area contributed by atoms with Gasteiger partial charge >= 0.3 is 0 Å². The summed E-state index contributed by atoms with van der Waals surface area (Å²) in [5.74, 6) is -9.78. The van der Waals surface area contributed by atoms with Crippen molar-refractivity contribution in [2.45, 2.75) is 52.4 Å². The standard InChI is InChI=1S/C61H70F4N4O7/c1-35-43(21-11-23-45(35)62)47-49(53(70)37-15-9-19-41(31-37)73-5)51(39-17-13-27-68-33-39)60(25-29-66-3,57(64)55(47)75-7)59(72)61(26-30-67-4)52(40-18-14-28-69-34-40)50(54(71)38-16-10-20-42(32-38)74-6)48(56(76-8)58(61)65)44-22-12-24-46(63)36(44)2/h9-12,15-16,19-24,31-32,39-40,51-52,66-69H,13-14,17-18,25-30,33-34H2,1-8H3/t39?,40?,51-,52-,60+,61+/m0/s1. The van der Waals surface area contributed by atoms with E-state index in [0.717, 1.165) is 0 Å². The van der Waals surface area contributed by atoms with Crippen molar-refractivity contribution in [2.24, 2.45) is 34.5 Å². The summed E-state index contributed by atoms with van der Waals surface area (Å²) in [7, 11) is 8.74. The average Bonchev–Trinajstić information content (AvgIpc) is 3.60. The number of carbonyl (C=O) groups excluding carboxylic acids is 3. The van der Waals surface area contributed by atoms with Crippen LogP contribution in [-0.4, -0.2) is 99.2 Å². The zero-order valence-corrected chi connectivity index (χ0v) is 44.7. The number of hydrogen-bond acceptors (Lipinski definition) is 11. The number of hydrogen-bond donors (Lipinski definition) is 4. The van der Waals surface area contributed by atoms with E-state index in [2.05, 4.69) is 21.3 Å². The number of rotatable bonds is 20. The number of Topliss-reactive ketones (excluding diaryl/α,β-unsaturated/α-hetero) is 3. The number of halogens is 4. The van der Waals surface area contributed by atoms with E-state index in [9.17, 15) is 0 Å². The summed E-state index contributed by atoms with van der Waals surface area (Å²) < 4.78 is 95.6. The highest BCUT2D eigenvalue weighted by molar-refractivity contribution is 6.19. The Hall–Kier alpha value is -6.39. The minimum absolute atomic E-state index is 0.00975. The summed E-state index contributed by atoms with van der Waals surface area (Å²) in [6, 6.07) is 21.7. The number of benzene rings is 4. The Balaban J connectivity index is 1.58. The molecule has 8 rings (SSSR count). The molecule has 2 unspecified atom stereocenters.